The Hall–Kier alpha value is -2.29. The van der Waals surface area contributed by atoms with E-state index in [1.807, 2.05) is 39.8 Å². The maximum atomic E-state index is 12.8. The summed E-state index contributed by atoms with van der Waals surface area (Å²) in [6.45, 7) is 8.06. The molecule has 2 aromatic carbocycles. The molecule has 2 unspecified atom stereocenters. The van der Waals surface area contributed by atoms with Crippen LogP contribution in [0.4, 0.5) is 0 Å². The third kappa shape index (κ3) is 4.09. The van der Waals surface area contributed by atoms with Gasteiger partial charge in [-0.2, -0.15) is 0 Å². The van der Waals surface area contributed by atoms with E-state index < -0.39 is 6.10 Å². The first-order chi connectivity index (χ1) is 12.5. The largest absolute Gasteiger partial charge is 0.480 e. The Balaban J connectivity index is 1.67. The van der Waals surface area contributed by atoms with Crippen molar-refractivity contribution < 1.29 is 9.53 Å². The van der Waals surface area contributed by atoms with Crippen molar-refractivity contribution in [1.29, 1.82) is 0 Å². The molecule has 2 atom stereocenters. The van der Waals surface area contributed by atoms with Crippen molar-refractivity contribution in [3.63, 3.8) is 0 Å². The van der Waals surface area contributed by atoms with Crippen LogP contribution in [0.3, 0.4) is 0 Å². The molecule has 1 amide bonds. The Morgan fingerprint density at radius 3 is 2.65 bits per heavy atom. The molecule has 3 heteroatoms. The number of ether oxygens (including phenoxy) is 1. The molecule has 0 saturated heterocycles. The zero-order valence-electron chi connectivity index (χ0n) is 16.3. The van der Waals surface area contributed by atoms with Gasteiger partial charge in [-0.1, -0.05) is 37.3 Å². The first-order valence-corrected chi connectivity index (χ1v) is 9.64. The predicted molar refractivity (Wildman–Crippen MR) is 106 cm³/mol. The minimum absolute atomic E-state index is 0.0235. The van der Waals surface area contributed by atoms with Crippen LogP contribution in [-0.4, -0.2) is 12.0 Å². The molecule has 1 N–H and O–H groups in total. The van der Waals surface area contributed by atoms with E-state index in [1.54, 1.807) is 0 Å². The fourth-order valence-corrected chi connectivity index (χ4v) is 3.56. The third-order valence-corrected chi connectivity index (χ3v) is 5.26. The number of fused-ring (bicyclic) bond motifs is 1. The summed E-state index contributed by atoms with van der Waals surface area (Å²) in [5.74, 6) is 0.735. The number of nitrogens with one attached hydrogen (secondary N) is 1. The number of hydrogen-bond acceptors (Lipinski definition) is 2. The van der Waals surface area contributed by atoms with E-state index in [9.17, 15) is 4.79 Å². The number of benzene rings is 2. The molecule has 0 fully saturated rings. The van der Waals surface area contributed by atoms with E-state index in [2.05, 4.69) is 29.6 Å². The van der Waals surface area contributed by atoms with Crippen LogP contribution in [0.15, 0.2) is 36.4 Å². The highest BCUT2D eigenvalue weighted by Gasteiger charge is 2.22. The van der Waals surface area contributed by atoms with E-state index in [4.69, 9.17) is 4.74 Å². The Bertz CT molecular complexity index is 797. The smallest absolute Gasteiger partial charge is 0.261 e. The van der Waals surface area contributed by atoms with E-state index in [1.165, 1.54) is 29.5 Å². The van der Waals surface area contributed by atoms with Crippen LogP contribution in [0.5, 0.6) is 5.75 Å². The van der Waals surface area contributed by atoms with Crippen LogP contribution in [0.1, 0.15) is 60.5 Å². The molecule has 3 rings (SSSR count). The highest BCUT2D eigenvalue weighted by molar-refractivity contribution is 5.81. The Kier molecular flexibility index (Phi) is 5.65. The van der Waals surface area contributed by atoms with Crippen molar-refractivity contribution >= 4 is 5.91 Å². The van der Waals surface area contributed by atoms with Gasteiger partial charge in [0.15, 0.2) is 6.10 Å². The SMILES string of the molecule is CCC(Oc1cc(C)ccc1C)C(=O)NC(C)c1ccc2c(c1)CCC2. The topological polar surface area (TPSA) is 38.3 Å². The van der Waals surface area contributed by atoms with Crippen molar-refractivity contribution in [2.45, 2.75) is 65.5 Å². The molecule has 26 heavy (non-hydrogen) atoms. The summed E-state index contributed by atoms with van der Waals surface area (Å²) in [6.07, 6.45) is 3.72. The molecular formula is C23H29NO2. The average Bonchev–Trinajstić information content (AvgIpc) is 3.09. The number of carbonyl (C=O) groups excluding carboxylic acids is 1. The van der Waals surface area contributed by atoms with Crippen molar-refractivity contribution in [3.05, 3.63) is 64.2 Å². The van der Waals surface area contributed by atoms with Crippen molar-refractivity contribution in [1.82, 2.24) is 5.32 Å². The lowest BCUT2D eigenvalue weighted by Gasteiger charge is -2.22. The molecule has 0 saturated carbocycles. The second-order valence-electron chi connectivity index (χ2n) is 7.40. The fraction of sp³-hybridized carbons (Fsp3) is 0.435. The first kappa shape index (κ1) is 18.5. The van der Waals surface area contributed by atoms with E-state index >= 15 is 0 Å². The normalized spacial score (nSPS) is 15.2. The fourth-order valence-electron chi connectivity index (χ4n) is 3.56. The van der Waals surface area contributed by atoms with E-state index in [0.717, 1.165) is 23.3 Å². The summed E-state index contributed by atoms with van der Waals surface area (Å²) in [5.41, 5.74) is 6.24. The van der Waals surface area contributed by atoms with Crippen LogP contribution < -0.4 is 10.1 Å². The Labute approximate surface area is 156 Å². The van der Waals surface area contributed by atoms with E-state index in [-0.39, 0.29) is 11.9 Å². The maximum Gasteiger partial charge on any atom is 0.261 e. The second kappa shape index (κ2) is 7.94. The number of carbonyl (C=O) groups is 1. The average molecular weight is 351 g/mol. The van der Waals surface area contributed by atoms with Gasteiger partial charge in [-0.15, -0.1) is 0 Å². The summed E-state index contributed by atoms with van der Waals surface area (Å²) in [7, 11) is 0. The molecule has 0 aromatic heterocycles. The quantitative estimate of drug-likeness (QED) is 0.810. The standard InChI is InChI=1S/C23H29NO2/c1-5-21(26-22-13-15(2)9-10-16(22)3)23(25)24-17(4)19-12-11-18-7-6-8-20(18)14-19/h9-14,17,21H,5-8H2,1-4H3,(H,24,25). The van der Waals surface area contributed by atoms with Gasteiger partial charge in [0, 0.05) is 0 Å². The minimum Gasteiger partial charge on any atom is -0.480 e. The van der Waals surface area contributed by atoms with Gasteiger partial charge in [-0.3, -0.25) is 4.79 Å². The summed E-state index contributed by atoms with van der Waals surface area (Å²) in [4.78, 5) is 12.8. The molecule has 1 aliphatic rings. The van der Waals surface area contributed by atoms with Gasteiger partial charge < -0.3 is 10.1 Å². The zero-order valence-corrected chi connectivity index (χ0v) is 16.3. The first-order valence-electron chi connectivity index (χ1n) is 9.64. The van der Waals surface area contributed by atoms with Gasteiger partial charge in [0.1, 0.15) is 5.75 Å². The number of rotatable bonds is 6. The predicted octanol–water partition coefficient (Wildman–Crippen LogP) is 4.83. The molecule has 138 valence electrons. The summed E-state index contributed by atoms with van der Waals surface area (Å²) in [5, 5.41) is 3.13. The summed E-state index contributed by atoms with van der Waals surface area (Å²) in [6, 6.07) is 12.7. The lowest BCUT2D eigenvalue weighted by Crippen LogP contribution is -2.39. The molecule has 0 aliphatic heterocycles. The monoisotopic (exact) mass is 351 g/mol. The number of amides is 1. The van der Waals surface area contributed by atoms with Crippen LogP contribution in [0.2, 0.25) is 0 Å². The van der Waals surface area contributed by atoms with Gasteiger partial charge in [0.05, 0.1) is 6.04 Å². The molecule has 2 aromatic rings. The van der Waals surface area contributed by atoms with Gasteiger partial charge in [0.2, 0.25) is 0 Å². The van der Waals surface area contributed by atoms with Crippen LogP contribution in [-0.2, 0) is 17.6 Å². The van der Waals surface area contributed by atoms with Gasteiger partial charge in [0.25, 0.3) is 5.91 Å². The number of aryl methyl sites for hydroxylation is 4. The van der Waals surface area contributed by atoms with Gasteiger partial charge in [-0.05, 0) is 80.3 Å². The summed E-state index contributed by atoms with van der Waals surface area (Å²) >= 11 is 0. The maximum absolute atomic E-state index is 12.8. The van der Waals surface area contributed by atoms with Crippen LogP contribution in [0, 0.1) is 13.8 Å². The Morgan fingerprint density at radius 1 is 1.12 bits per heavy atom. The molecular weight excluding hydrogens is 322 g/mol. The van der Waals surface area contributed by atoms with Crippen molar-refractivity contribution in [3.8, 4) is 5.75 Å². The molecule has 1 aliphatic carbocycles. The second-order valence-corrected chi connectivity index (χ2v) is 7.40. The Morgan fingerprint density at radius 2 is 1.88 bits per heavy atom. The molecule has 3 nitrogen and oxygen atoms in total. The molecule has 0 bridgehead atoms. The van der Waals surface area contributed by atoms with Gasteiger partial charge >= 0.3 is 0 Å². The minimum atomic E-state index is -0.479. The lowest BCUT2D eigenvalue weighted by atomic mass is 10.0. The van der Waals surface area contributed by atoms with E-state index in [0.29, 0.717) is 6.42 Å². The molecule has 0 radical (unpaired) electrons. The molecule has 0 heterocycles. The lowest BCUT2D eigenvalue weighted by molar-refractivity contribution is -0.128. The summed E-state index contributed by atoms with van der Waals surface area (Å²) < 4.78 is 6.04. The highest BCUT2D eigenvalue weighted by atomic mass is 16.5. The molecule has 0 spiro atoms. The third-order valence-electron chi connectivity index (χ3n) is 5.26. The van der Waals surface area contributed by atoms with Crippen molar-refractivity contribution in [2.24, 2.45) is 0 Å². The zero-order chi connectivity index (χ0) is 18.7. The van der Waals surface area contributed by atoms with Gasteiger partial charge in [-0.25, -0.2) is 0 Å². The number of hydrogen-bond donors (Lipinski definition) is 1. The van der Waals surface area contributed by atoms with Crippen LogP contribution >= 0.6 is 0 Å². The van der Waals surface area contributed by atoms with Crippen LogP contribution in [0.25, 0.3) is 0 Å². The highest BCUT2D eigenvalue weighted by Crippen LogP contribution is 2.26. The van der Waals surface area contributed by atoms with Crippen molar-refractivity contribution in [2.75, 3.05) is 0 Å².